The first kappa shape index (κ1) is 24.7. The Bertz CT molecular complexity index is 1120. The summed E-state index contributed by atoms with van der Waals surface area (Å²) in [6.07, 6.45) is 1.73. The number of hydrogen-bond acceptors (Lipinski definition) is 5. The standard InChI is InChI=1S/C26H35N3O4S/c1-19-8-10-29(11-9-19)34(31,32)25-17-23(16-20(2)21(25)3)26(30)27-18-22-4-6-24(7-5-22)28-12-14-33-15-13-28/h4-7,16-17,19H,8-15,18H2,1-3H3,(H,27,30). The van der Waals surface area contributed by atoms with E-state index in [9.17, 15) is 13.2 Å². The Kier molecular flexibility index (Phi) is 7.60. The van der Waals surface area contributed by atoms with E-state index in [4.69, 9.17) is 4.74 Å². The number of rotatable bonds is 6. The van der Waals surface area contributed by atoms with Crippen LogP contribution in [0.15, 0.2) is 41.3 Å². The molecular weight excluding hydrogens is 450 g/mol. The first-order chi connectivity index (χ1) is 16.3. The van der Waals surface area contributed by atoms with Crippen LogP contribution in [0.5, 0.6) is 0 Å². The van der Waals surface area contributed by atoms with Gasteiger partial charge in [0.1, 0.15) is 0 Å². The number of ether oxygens (including phenoxy) is 1. The molecule has 0 radical (unpaired) electrons. The minimum Gasteiger partial charge on any atom is -0.378 e. The van der Waals surface area contributed by atoms with Gasteiger partial charge in [-0.3, -0.25) is 4.79 Å². The van der Waals surface area contributed by atoms with Crippen LogP contribution in [0, 0.1) is 19.8 Å². The molecule has 0 aliphatic carbocycles. The van der Waals surface area contributed by atoms with E-state index in [0.717, 1.165) is 56.0 Å². The van der Waals surface area contributed by atoms with E-state index in [1.165, 1.54) is 6.07 Å². The minimum absolute atomic E-state index is 0.238. The van der Waals surface area contributed by atoms with Crippen molar-refractivity contribution in [1.29, 1.82) is 0 Å². The maximum atomic E-state index is 13.4. The molecule has 0 atom stereocenters. The molecular formula is C26H35N3O4S. The molecule has 0 bridgehead atoms. The predicted octanol–water partition coefficient (Wildman–Crippen LogP) is 3.49. The van der Waals surface area contributed by atoms with E-state index in [1.807, 2.05) is 26.0 Å². The summed E-state index contributed by atoms with van der Waals surface area (Å²) >= 11 is 0. The Hall–Kier alpha value is -2.42. The highest BCUT2D eigenvalue weighted by Crippen LogP contribution is 2.28. The third kappa shape index (κ3) is 5.45. The van der Waals surface area contributed by atoms with Gasteiger partial charge in [0.05, 0.1) is 18.1 Å². The topological polar surface area (TPSA) is 79.0 Å². The zero-order valence-electron chi connectivity index (χ0n) is 20.3. The third-order valence-electron chi connectivity index (χ3n) is 7.01. The molecule has 8 heteroatoms. The van der Waals surface area contributed by atoms with Gasteiger partial charge in [-0.1, -0.05) is 19.1 Å². The van der Waals surface area contributed by atoms with Gasteiger partial charge in [-0.05, 0) is 73.6 Å². The van der Waals surface area contributed by atoms with Crippen molar-refractivity contribution in [3.63, 3.8) is 0 Å². The molecule has 2 aromatic rings. The van der Waals surface area contributed by atoms with Crippen molar-refractivity contribution < 1.29 is 17.9 Å². The Morgan fingerprint density at radius 3 is 2.32 bits per heavy atom. The van der Waals surface area contributed by atoms with Crippen molar-refractivity contribution in [3.05, 3.63) is 58.7 Å². The fourth-order valence-electron chi connectivity index (χ4n) is 4.52. The Morgan fingerprint density at radius 1 is 1.03 bits per heavy atom. The maximum Gasteiger partial charge on any atom is 0.251 e. The number of amides is 1. The summed E-state index contributed by atoms with van der Waals surface area (Å²) in [6, 6.07) is 11.5. The highest BCUT2D eigenvalue weighted by molar-refractivity contribution is 7.89. The van der Waals surface area contributed by atoms with Gasteiger partial charge in [0.15, 0.2) is 0 Å². The first-order valence-electron chi connectivity index (χ1n) is 12.1. The Balaban J connectivity index is 1.45. The first-order valence-corrected chi connectivity index (χ1v) is 13.5. The molecule has 2 aromatic carbocycles. The highest BCUT2D eigenvalue weighted by Gasteiger charge is 2.30. The summed E-state index contributed by atoms with van der Waals surface area (Å²) in [5.41, 5.74) is 4.01. The van der Waals surface area contributed by atoms with Gasteiger partial charge in [0.25, 0.3) is 5.91 Å². The molecule has 2 fully saturated rings. The SMILES string of the molecule is Cc1cc(C(=O)NCc2ccc(N3CCOCC3)cc2)cc(S(=O)(=O)N2CCC(C)CC2)c1C. The smallest absolute Gasteiger partial charge is 0.251 e. The third-order valence-corrected chi connectivity index (χ3v) is 9.03. The number of sulfonamides is 1. The average Bonchev–Trinajstić information content (AvgIpc) is 2.85. The van der Waals surface area contributed by atoms with Crippen molar-refractivity contribution in [3.8, 4) is 0 Å². The monoisotopic (exact) mass is 485 g/mol. The number of anilines is 1. The molecule has 0 aromatic heterocycles. The molecule has 0 spiro atoms. The molecule has 34 heavy (non-hydrogen) atoms. The minimum atomic E-state index is -3.64. The van der Waals surface area contributed by atoms with Crippen LogP contribution in [-0.2, 0) is 21.3 Å². The van der Waals surface area contributed by atoms with Gasteiger partial charge in [-0.2, -0.15) is 4.31 Å². The lowest BCUT2D eigenvalue weighted by atomic mass is 10.0. The number of benzene rings is 2. The zero-order valence-corrected chi connectivity index (χ0v) is 21.2. The Morgan fingerprint density at radius 2 is 1.68 bits per heavy atom. The number of piperidine rings is 1. The summed E-state index contributed by atoms with van der Waals surface area (Å²) in [6.45, 7) is 10.5. The molecule has 2 heterocycles. The summed E-state index contributed by atoms with van der Waals surface area (Å²) in [7, 11) is -3.64. The quantitative estimate of drug-likeness (QED) is 0.678. The van der Waals surface area contributed by atoms with Crippen molar-refractivity contribution >= 4 is 21.6 Å². The number of morpholine rings is 1. The summed E-state index contributed by atoms with van der Waals surface area (Å²) < 4.78 is 33.7. The molecule has 7 nitrogen and oxygen atoms in total. The number of carbonyl (C=O) groups is 1. The summed E-state index contributed by atoms with van der Waals surface area (Å²) in [5.74, 6) is 0.262. The molecule has 2 saturated heterocycles. The van der Waals surface area contributed by atoms with Gasteiger partial charge in [0.2, 0.25) is 10.0 Å². The molecule has 2 aliphatic rings. The number of hydrogen-bond donors (Lipinski definition) is 1. The molecule has 1 amide bonds. The van der Waals surface area contributed by atoms with Crippen molar-refractivity contribution in [2.45, 2.75) is 45.1 Å². The average molecular weight is 486 g/mol. The second-order valence-corrected chi connectivity index (χ2v) is 11.4. The number of nitrogens with zero attached hydrogens (tertiary/aromatic N) is 2. The van der Waals surface area contributed by atoms with Crippen LogP contribution in [0.25, 0.3) is 0 Å². The Labute approximate surface area is 203 Å². The van der Waals surface area contributed by atoms with Gasteiger partial charge >= 0.3 is 0 Å². The van der Waals surface area contributed by atoms with Crippen LogP contribution in [-0.4, -0.2) is 58.0 Å². The van der Waals surface area contributed by atoms with E-state index in [0.29, 0.717) is 36.7 Å². The van der Waals surface area contributed by atoms with Crippen LogP contribution in [0.2, 0.25) is 0 Å². The number of nitrogens with one attached hydrogen (secondary N) is 1. The molecule has 1 N–H and O–H groups in total. The number of aryl methyl sites for hydroxylation is 1. The highest BCUT2D eigenvalue weighted by atomic mass is 32.2. The van der Waals surface area contributed by atoms with Crippen LogP contribution < -0.4 is 10.2 Å². The van der Waals surface area contributed by atoms with E-state index < -0.39 is 10.0 Å². The molecule has 184 valence electrons. The molecule has 4 rings (SSSR count). The van der Waals surface area contributed by atoms with Gasteiger partial charge in [-0.25, -0.2) is 8.42 Å². The normalized spacial score (nSPS) is 18.1. The molecule has 0 saturated carbocycles. The lowest BCUT2D eigenvalue weighted by Gasteiger charge is -2.30. The van der Waals surface area contributed by atoms with Gasteiger partial charge in [0, 0.05) is 44.0 Å². The van der Waals surface area contributed by atoms with Crippen LogP contribution >= 0.6 is 0 Å². The fraction of sp³-hybridized carbons (Fsp3) is 0.500. The lowest BCUT2D eigenvalue weighted by molar-refractivity contribution is 0.0950. The van der Waals surface area contributed by atoms with Crippen LogP contribution in [0.1, 0.15) is 46.8 Å². The second kappa shape index (κ2) is 10.5. The van der Waals surface area contributed by atoms with E-state index in [2.05, 4.69) is 29.3 Å². The molecule has 2 aliphatic heterocycles. The van der Waals surface area contributed by atoms with Gasteiger partial charge in [-0.15, -0.1) is 0 Å². The number of carbonyl (C=O) groups excluding carboxylic acids is 1. The van der Waals surface area contributed by atoms with E-state index >= 15 is 0 Å². The fourth-order valence-corrected chi connectivity index (χ4v) is 6.31. The van der Waals surface area contributed by atoms with Crippen molar-refractivity contribution in [1.82, 2.24) is 9.62 Å². The molecule has 0 unspecified atom stereocenters. The zero-order chi connectivity index (χ0) is 24.3. The second-order valence-electron chi connectivity index (χ2n) is 9.45. The van der Waals surface area contributed by atoms with E-state index in [1.54, 1.807) is 10.4 Å². The van der Waals surface area contributed by atoms with Crippen LogP contribution in [0.3, 0.4) is 0 Å². The van der Waals surface area contributed by atoms with E-state index in [-0.39, 0.29) is 10.8 Å². The summed E-state index contributed by atoms with van der Waals surface area (Å²) in [5, 5.41) is 2.94. The van der Waals surface area contributed by atoms with Gasteiger partial charge < -0.3 is 15.0 Å². The van der Waals surface area contributed by atoms with Crippen molar-refractivity contribution in [2.75, 3.05) is 44.3 Å². The predicted molar refractivity (Wildman–Crippen MR) is 134 cm³/mol. The lowest BCUT2D eigenvalue weighted by Crippen LogP contribution is -2.38. The largest absolute Gasteiger partial charge is 0.378 e. The maximum absolute atomic E-state index is 13.4. The summed E-state index contributed by atoms with van der Waals surface area (Å²) in [4.78, 5) is 15.5. The van der Waals surface area contributed by atoms with Crippen LogP contribution in [0.4, 0.5) is 5.69 Å². The van der Waals surface area contributed by atoms with Crippen molar-refractivity contribution in [2.24, 2.45) is 5.92 Å².